The van der Waals surface area contributed by atoms with Gasteiger partial charge in [-0.25, -0.2) is 4.79 Å². The first-order chi connectivity index (χ1) is 28.4. The van der Waals surface area contributed by atoms with Crippen LogP contribution in [0.2, 0.25) is 0 Å². The van der Waals surface area contributed by atoms with Crippen molar-refractivity contribution in [1.82, 2.24) is 0 Å². The third kappa shape index (κ3) is 10.2. The van der Waals surface area contributed by atoms with Crippen LogP contribution in [0.25, 0.3) is 0 Å². The molecule has 0 aromatic carbocycles. The number of nitrogens with two attached hydrogens (primary N) is 1. The molecule has 0 saturated carbocycles. The van der Waals surface area contributed by atoms with Crippen LogP contribution in [0.15, 0.2) is 0 Å². The van der Waals surface area contributed by atoms with E-state index < -0.39 is 186 Å². The van der Waals surface area contributed by atoms with Crippen LogP contribution in [0, 0.1) is 0 Å². The van der Waals surface area contributed by atoms with Gasteiger partial charge in [0.1, 0.15) is 116 Å². The van der Waals surface area contributed by atoms with Crippen molar-refractivity contribution < 1.29 is 134 Å². The average molecular weight is 886 g/mol. The number of carboxylic acids is 1. The summed E-state index contributed by atoms with van der Waals surface area (Å²) in [5, 5.41) is 167. The van der Waals surface area contributed by atoms with E-state index in [-0.39, 0.29) is 13.2 Å². The maximum Gasteiger partial charge on any atom is 0.335 e. The average Bonchev–Trinajstić information content (AvgIpc) is 3.23. The maximum absolute atomic E-state index is 12.2. The van der Waals surface area contributed by atoms with Gasteiger partial charge in [-0.15, -0.1) is 0 Å². The van der Waals surface area contributed by atoms with Gasteiger partial charge in [0.25, 0.3) is 0 Å². The van der Waals surface area contributed by atoms with Gasteiger partial charge in [-0.2, -0.15) is 0 Å². The van der Waals surface area contributed by atoms with E-state index in [1.54, 1.807) is 0 Å². The largest absolute Gasteiger partial charge is 0.479 e. The van der Waals surface area contributed by atoms with E-state index >= 15 is 0 Å². The summed E-state index contributed by atoms with van der Waals surface area (Å²) < 4.78 is 54.4. The Kier molecular flexibility index (Phi) is 17.6. The van der Waals surface area contributed by atoms with Gasteiger partial charge >= 0.3 is 5.97 Å². The fraction of sp³-hybridized carbons (Fsp3) is 0.969. The number of ether oxygens (including phenoxy) is 10. The van der Waals surface area contributed by atoms with Crippen LogP contribution in [0.5, 0.6) is 0 Å². The Balaban J connectivity index is 1.23. The van der Waals surface area contributed by atoms with Crippen molar-refractivity contribution in [1.29, 1.82) is 0 Å². The molecule has 0 amide bonds. The number of aliphatic carboxylic acids is 1. The fourth-order valence-electron chi connectivity index (χ4n) is 7.31. The lowest BCUT2D eigenvalue weighted by Gasteiger charge is -2.49. The van der Waals surface area contributed by atoms with Crippen molar-refractivity contribution >= 4 is 5.97 Å². The predicted molar refractivity (Wildman–Crippen MR) is 180 cm³/mol. The van der Waals surface area contributed by atoms with Crippen LogP contribution in [0.1, 0.15) is 0 Å². The van der Waals surface area contributed by atoms with Crippen LogP contribution < -0.4 is 5.73 Å². The number of aliphatic hydroxyl groups excluding tert-OH is 15. The summed E-state index contributed by atoms with van der Waals surface area (Å²) in [6.45, 7) is -3.73. The molecule has 350 valence electrons. The van der Waals surface area contributed by atoms with E-state index in [0.29, 0.717) is 0 Å². The zero-order valence-electron chi connectivity index (χ0n) is 31.4. The highest BCUT2D eigenvalue weighted by molar-refractivity contribution is 5.73. The Morgan fingerprint density at radius 3 is 1.12 bits per heavy atom. The van der Waals surface area contributed by atoms with E-state index in [2.05, 4.69) is 0 Å². The summed E-state index contributed by atoms with van der Waals surface area (Å²) in [6, 6.07) is 0. The van der Waals surface area contributed by atoms with Crippen molar-refractivity contribution in [3.05, 3.63) is 0 Å². The van der Waals surface area contributed by atoms with Crippen LogP contribution >= 0.6 is 0 Å². The first-order valence-corrected chi connectivity index (χ1v) is 18.8. The second kappa shape index (κ2) is 21.4. The molecule has 18 N–H and O–H groups in total. The standard InChI is InChI=1S/C32H55NO27/c33-1-2-51-28-18(45)13(40)22(8(4-35)53-28)56-30-19(46)14(41)23(9(5-36)54-30)57-31-20(47)15(42)24(10(6-37)55-31)58-32-21(48)16(43)25(26(60-32)27(49)50)59-29-17(44)12(39)11(38)7(3-34)52-29/h7-26,28-32,34-48H,1-6,33H2,(H,49,50)/t7-,8-,9-,10-,11+,12+,13-,14-,15-,16-,17-,18-,19-,20-,21-,22+,23-,24-,25+,26+,28+,29-,30-,31+,32-/m1/s1. The van der Waals surface area contributed by atoms with Crippen molar-refractivity contribution in [3.8, 4) is 0 Å². The van der Waals surface area contributed by atoms with Gasteiger partial charge in [0.15, 0.2) is 37.6 Å². The van der Waals surface area contributed by atoms with Crippen molar-refractivity contribution in [2.45, 2.75) is 154 Å². The molecule has 60 heavy (non-hydrogen) atoms. The molecule has 5 fully saturated rings. The molecule has 0 aromatic rings. The number of aliphatic hydroxyl groups is 15. The smallest absolute Gasteiger partial charge is 0.335 e. The Morgan fingerprint density at radius 2 is 0.733 bits per heavy atom. The molecule has 5 heterocycles. The normalized spacial score (nSPS) is 50.4. The van der Waals surface area contributed by atoms with E-state index in [9.17, 15) is 86.5 Å². The Hall–Kier alpha value is -1.57. The Labute approximate surface area is 338 Å². The van der Waals surface area contributed by atoms with E-state index in [1.807, 2.05) is 0 Å². The first kappa shape index (κ1) is 49.4. The minimum absolute atomic E-state index is 0.0344. The van der Waals surface area contributed by atoms with Gasteiger partial charge in [0.2, 0.25) is 0 Å². The zero-order valence-corrected chi connectivity index (χ0v) is 31.4. The molecule has 28 nitrogen and oxygen atoms in total. The van der Waals surface area contributed by atoms with Crippen molar-refractivity contribution in [2.75, 3.05) is 39.6 Å². The maximum atomic E-state index is 12.2. The molecule has 25 atom stereocenters. The fourth-order valence-corrected chi connectivity index (χ4v) is 7.31. The second-order valence-corrected chi connectivity index (χ2v) is 14.6. The molecule has 5 saturated heterocycles. The number of carboxylic acid groups (broad SMARTS) is 1. The monoisotopic (exact) mass is 885 g/mol. The van der Waals surface area contributed by atoms with Gasteiger partial charge in [-0.05, 0) is 0 Å². The summed E-state index contributed by atoms with van der Waals surface area (Å²) in [6.07, 6.45) is -47.7. The molecule has 0 bridgehead atoms. The van der Waals surface area contributed by atoms with Gasteiger partial charge in [0.05, 0.1) is 33.0 Å². The summed E-state index contributed by atoms with van der Waals surface area (Å²) in [4.78, 5) is 12.2. The molecule has 0 aliphatic carbocycles. The third-order valence-electron chi connectivity index (χ3n) is 10.7. The lowest BCUT2D eigenvalue weighted by atomic mass is 9.95. The van der Waals surface area contributed by atoms with Gasteiger partial charge in [-0.1, -0.05) is 0 Å². The van der Waals surface area contributed by atoms with Gasteiger partial charge in [0, 0.05) is 6.54 Å². The molecule has 0 unspecified atom stereocenters. The number of hydrogen-bond donors (Lipinski definition) is 17. The molecule has 0 radical (unpaired) electrons. The SMILES string of the molecule is NCCO[C@H]1O[C@H](CO)[C@H](O[C@H]2O[C@H](CO)[C@@H](O[C@@H]3O[C@H](CO)[C@@H](O[C@@H]4O[C@H](C(=O)O)[C@@H](O[C@H]5O[C@H](CO)[C@H](O)[C@H](O)[C@H]5O)[C@H](O)[C@H]4O)[C@H](O)[C@H]3O)[C@H](O)[C@H]2O)[C@H](O)[C@H]1O. The summed E-state index contributed by atoms with van der Waals surface area (Å²) >= 11 is 0. The van der Waals surface area contributed by atoms with Crippen LogP contribution in [-0.4, -0.2) is 281 Å². The van der Waals surface area contributed by atoms with Crippen molar-refractivity contribution in [3.63, 3.8) is 0 Å². The summed E-state index contributed by atoms with van der Waals surface area (Å²) in [5.41, 5.74) is 5.39. The minimum atomic E-state index is -2.25. The summed E-state index contributed by atoms with van der Waals surface area (Å²) in [5.74, 6) is -1.84. The molecule has 28 heteroatoms. The quantitative estimate of drug-likeness (QED) is 0.0684. The number of hydrogen-bond acceptors (Lipinski definition) is 27. The molecule has 5 rings (SSSR count). The topological polar surface area (TPSA) is 459 Å². The lowest BCUT2D eigenvalue weighted by molar-refractivity contribution is -0.391. The Bertz CT molecular complexity index is 1330. The second-order valence-electron chi connectivity index (χ2n) is 14.6. The van der Waals surface area contributed by atoms with Gasteiger partial charge in [-0.3, -0.25) is 0 Å². The van der Waals surface area contributed by atoms with Crippen LogP contribution in [0.4, 0.5) is 0 Å². The lowest BCUT2D eigenvalue weighted by Crippen LogP contribution is -2.68. The molecular weight excluding hydrogens is 830 g/mol. The minimum Gasteiger partial charge on any atom is -0.479 e. The molecule has 0 spiro atoms. The van der Waals surface area contributed by atoms with Crippen molar-refractivity contribution in [2.24, 2.45) is 5.73 Å². The molecular formula is C32H55NO27. The van der Waals surface area contributed by atoms with Gasteiger partial charge < -0.3 is 135 Å². The van der Waals surface area contributed by atoms with Crippen LogP contribution in [0.3, 0.4) is 0 Å². The number of rotatable bonds is 16. The molecule has 5 aliphatic rings. The number of carbonyl (C=O) groups is 1. The highest BCUT2D eigenvalue weighted by Gasteiger charge is 2.57. The van der Waals surface area contributed by atoms with E-state index in [4.69, 9.17) is 53.1 Å². The first-order valence-electron chi connectivity index (χ1n) is 18.8. The van der Waals surface area contributed by atoms with E-state index in [1.165, 1.54) is 0 Å². The summed E-state index contributed by atoms with van der Waals surface area (Å²) in [7, 11) is 0. The van der Waals surface area contributed by atoms with Crippen LogP contribution in [-0.2, 0) is 52.2 Å². The van der Waals surface area contributed by atoms with E-state index in [0.717, 1.165) is 0 Å². The highest BCUT2D eigenvalue weighted by Crippen LogP contribution is 2.35. The Morgan fingerprint density at radius 1 is 0.417 bits per heavy atom. The third-order valence-corrected chi connectivity index (χ3v) is 10.7. The predicted octanol–water partition coefficient (Wildman–Crippen LogP) is -11.8. The highest BCUT2D eigenvalue weighted by atomic mass is 16.8. The molecule has 0 aromatic heterocycles. The zero-order chi connectivity index (χ0) is 44.3. The molecule has 5 aliphatic heterocycles.